The molecule has 2 aliphatic heterocycles. The van der Waals surface area contributed by atoms with E-state index >= 15 is 0 Å². The maximum Gasteiger partial charge on any atom is 0.364 e. The van der Waals surface area contributed by atoms with Gasteiger partial charge in [-0.3, -0.25) is 0 Å². The van der Waals surface area contributed by atoms with Crippen LogP contribution in [0, 0.1) is 12.8 Å². The number of pyridine rings is 1. The third kappa shape index (κ3) is 4.32. The normalized spacial score (nSPS) is 15.8. The van der Waals surface area contributed by atoms with E-state index in [0.29, 0.717) is 5.92 Å². The molecule has 0 saturated carbocycles. The predicted octanol–water partition coefficient (Wildman–Crippen LogP) is 11.8. The molecule has 0 amide bonds. The second-order valence-corrected chi connectivity index (χ2v) is 23.9. The van der Waals surface area contributed by atoms with Gasteiger partial charge in [0.2, 0.25) is 5.69 Å². The number of nitrogens with zero attached hydrogens (tertiary/aromatic N) is 3. The van der Waals surface area contributed by atoms with E-state index in [1.54, 1.807) is 0 Å². The molecule has 276 valence electrons. The maximum atomic E-state index is 7.07. The number of aromatic nitrogens is 3. The van der Waals surface area contributed by atoms with Gasteiger partial charge in [-0.1, -0.05) is 93.6 Å². The zero-order chi connectivity index (χ0) is 38.5. The summed E-state index contributed by atoms with van der Waals surface area (Å²) in [5.41, 5.74) is 13.7. The molecule has 57 heavy (non-hydrogen) atoms. The first-order chi connectivity index (χ1) is 27.6. The summed E-state index contributed by atoms with van der Waals surface area (Å²) in [6.07, 6.45) is 3.65. The minimum Gasteiger partial charge on any atom is -0.455 e. The molecular formula is C51H43N3OSSi+2. The Labute approximate surface area is 336 Å². The van der Waals surface area contributed by atoms with Crippen molar-refractivity contribution in [3.63, 3.8) is 0 Å². The summed E-state index contributed by atoms with van der Waals surface area (Å²) in [5, 5.41) is 6.41. The number of para-hydroxylation sites is 3. The summed E-state index contributed by atoms with van der Waals surface area (Å²) in [6, 6.07) is 47.9. The highest BCUT2D eigenvalue weighted by Gasteiger charge is 2.67. The first-order valence-electron chi connectivity index (χ1n) is 20.3. The van der Waals surface area contributed by atoms with Gasteiger partial charge >= 0.3 is 11.5 Å². The molecular weight excluding hydrogens is 731 g/mol. The quantitative estimate of drug-likeness (QED) is 0.129. The van der Waals surface area contributed by atoms with Crippen molar-refractivity contribution in [1.82, 2.24) is 4.57 Å². The van der Waals surface area contributed by atoms with Crippen LogP contribution in [0.4, 0.5) is 0 Å². The molecule has 0 bridgehead atoms. The molecule has 0 N–H and O–H groups in total. The van der Waals surface area contributed by atoms with Gasteiger partial charge in [0.15, 0.2) is 22.8 Å². The number of rotatable bonds is 4. The molecule has 6 aromatic carbocycles. The van der Waals surface area contributed by atoms with Crippen molar-refractivity contribution in [2.75, 3.05) is 0 Å². The Hall–Kier alpha value is -5.82. The standard InChI is InChI=1S/C51H43N3OSSi/c1-30(2)25-32-27-43-38-26-31(3)19-22-39(38)51(52(43)29-47(32)57(4,5)6)40-23-21-36-34-13-7-11-17-44(34)55-49(36)48(40)50-53(41-15-9-10-16-42(41)54(50)51)33-20-24-46-37(28-33)35-14-8-12-18-45(35)56-46/h7-24,26-30H,25H2,1-6H3/q+2. The fourth-order valence-corrected chi connectivity index (χ4v) is 13.2. The third-order valence-electron chi connectivity index (χ3n) is 12.7. The Kier molecular flexibility index (Phi) is 6.67. The molecule has 4 aromatic heterocycles. The van der Waals surface area contributed by atoms with Crippen molar-refractivity contribution in [1.29, 1.82) is 0 Å². The zero-order valence-electron chi connectivity index (χ0n) is 33.1. The maximum absolute atomic E-state index is 7.07. The average molecular weight is 774 g/mol. The van der Waals surface area contributed by atoms with Crippen LogP contribution < -0.4 is 14.3 Å². The number of benzene rings is 6. The van der Waals surface area contributed by atoms with Crippen LogP contribution in [0.3, 0.4) is 0 Å². The molecule has 12 rings (SSSR count). The van der Waals surface area contributed by atoms with Crippen LogP contribution in [0.15, 0.2) is 138 Å². The highest BCUT2D eigenvalue weighted by atomic mass is 32.1. The van der Waals surface area contributed by atoms with E-state index in [9.17, 15) is 0 Å². The summed E-state index contributed by atoms with van der Waals surface area (Å²) in [5.74, 6) is 1.70. The van der Waals surface area contributed by atoms with Crippen LogP contribution in [0.1, 0.15) is 36.1 Å². The van der Waals surface area contributed by atoms with Crippen LogP contribution in [0.25, 0.3) is 81.5 Å². The average Bonchev–Trinajstić information content (AvgIpc) is 3.98. The van der Waals surface area contributed by atoms with E-state index in [0.717, 1.165) is 45.4 Å². The van der Waals surface area contributed by atoms with Crippen molar-refractivity contribution in [3.05, 3.63) is 156 Å². The molecule has 4 nitrogen and oxygen atoms in total. The lowest BCUT2D eigenvalue weighted by atomic mass is 9.88. The van der Waals surface area contributed by atoms with Gasteiger partial charge in [-0.05, 0) is 91.6 Å². The summed E-state index contributed by atoms with van der Waals surface area (Å²) in [7, 11) is -1.81. The highest BCUT2D eigenvalue weighted by molar-refractivity contribution is 7.25. The van der Waals surface area contributed by atoms with Gasteiger partial charge in [-0.15, -0.1) is 20.5 Å². The van der Waals surface area contributed by atoms with Gasteiger partial charge < -0.3 is 4.42 Å². The van der Waals surface area contributed by atoms with Gasteiger partial charge in [-0.2, -0.15) is 4.57 Å². The predicted molar refractivity (Wildman–Crippen MR) is 239 cm³/mol. The fourth-order valence-electron chi connectivity index (χ4n) is 10.4. The van der Waals surface area contributed by atoms with Crippen molar-refractivity contribution in [2.24, 2.45) is 5.92 Å². The lowest BCUT2D eigenvalue weighted by Gasteiger charge is -2.24. The minimum atomic E-state index is -1.81. The molecule has 1 atom stereocenters. The van der Waals surface area contributed by atoms with Crippen LogP contribution in [0.2, 0.25) is 19.6 Å². The summed E-state index contributed by atoms with van der Waals surface area (Å²) >= 11 is 1.87. The van der Waals surface area contributed by atoms with Crippen molar-refractivity contribution in [3.8, 4) is 28.3 Å². The van der Waals surface area contributed by atoms with Gasteiger partial charge in [0, 0.05) is 42.2 Å². The molecule has 6 heterocycles. The highest BCUT2D eigenvalue weighted by Crippen LogP contribution is 2.52. The fraction of sp³-hybridized carbons (Fsp3) is 0.176. The second-order valence-electron chi connectivity index (χ2n) is 17.8. The van der Waals surface area contributed by atoms with E-state index < -0.39 is 13.7 Å². The topological polar surface area (TPSA) is 25.8 Å². The summed E-state index contributed by atoms with van der Waals surface area (Å²) in [4.78, 5) is 0. The number of aryl methyl sites for hydroxylation is 1. The largest absolute Gasteiger partial charge is 0.455 e. The number of hydrogen-bond donors (Lipinski definition) is 0. The second kappa shape index (κ2) is 11.4. The van der Waals surface area contributed by atoms with Gasteiger partial charge in [-0.25, -0.2) is 0 Å². The van der Waals surface area contributed by atoms with Crippen LogP contribution in [-0.4, -0.2) is 12.6 Å². The molecule has 0 radical (unpaired) electrons. The molecule has 10 aromatic rings. The molecule has 2 aliphatic rings. The van der Waals surface area contributed by atoms with Crippen LogP contribution in [0.5, 0.6) is 0 Å². The molecule has 0 fully saturated rings. The summed E-state index contributed by atoms with van der Waals surface area (Å²) < 4.78 is 17.6. The van der Waals surface area contributed by atoms with Crippen LogP contribution >= 0.6 is 11.3 Å². The van der Waals surface area contributed by atoms with E-state index in [4.69, 9.17) is 4.42 Å². The zero-order valence-corrected chi connectivity index (χ0v) is 35.0. The number of hydrogen-bond acceptors (Lipinski definition) is 2. The molecule has 6 heteroatoms. The van der Waals surface area contributed by atoms with Gasteiger partial charge in [0.25, 0.3) is 0 Å². The number of fused-ring (bicyclic) bond motifs is 19. The van der Waals surface area contributed by atoms with E-state index in [2.05, 4.69) is 188 Å². The SMILES string of the molecule is Cc1ccc2c(c1)-c1cc(CC(C)C)c([Si](C)(C)C)c[n+]1C21c2ccc3c(oc4ccccc43)c2-c2n(-c3ccc4sc5ccccc5c4c3)c3ccccc3[n+]21. The Bertz CT molecular complexity index is 3380. The van der Waals surface area contributed by atoms with Crippen molar-refractivity contribution >= 4 is 77.7 Å². The number of thiophene rings is 1. The van der Waals surface area contributed by atoms with Crippen molar-refractivity contribution < 1.29 is 13.6 Å². The Balaban J connectivity index is 1.30. The lowest BCUT2D eigenvalue weighted by Crippen LogP contribution is -2.72. The van der Waals surface area contributed by atoms with Crippen molar-refractivity contribution in [2.45, 2.75) is 52.5 Å². The Morgan fingerprint density at radius 1 is 0.737 bits per heavy atom. The van der Waals surface area contributed by atoms with E-state index in [1.165, 1.54) is 69.9 Å². The van der Waals surface area contributed by atoms with Crippen LogP contribution in [-0.2, 0) is 12.1 Å². The summed E-state index contributed by atoms with van der Waals surface area (Å²) in [6.45, 7) is 14.5. The van der Waals surface area contributed by atoms with Gasteiger partial charge in [0.1, 0.15) is 16.8 Å². The third-order valence-corrected chi connectivity index (χ3v) is 15.9. The Morgan fingerprint density at radius 2 is 1.49 bits per heavy atom. The molecule has 0 aliphatic carbocycles. The first-order valence-corrected chi connectivity index (χ1v) is 24.6. The molecule has 1 unspecified atom stereocenters. The molecule has 0 saturated heterocycles. The minimum absolute atomic E-state index is 0.556. The lowest BCUT2D eigenvalue weighted by molar-refractivity contribution is -0.944. The van der Waals surface area contributed by atoms with Gasteiger partial charge in [0.05, 0.1) is 24.8 Å². The smallest absolute Gasteiger partial charge is 0.364 e. The number of furan rings is 1. The van der Waals surface area contributed by atoms with E-state index in [-0.39, 0.29) is 0 Å². The number of imidazole rings is 1. The monoisotopic (exact) mass is 773 g/mol. The van der Waals surface area contributed by atoms with E-state index in [1.807, 2.05) is 11.3 Å². The first kappa shape index (κ1) is 33.3. The molecule has 1 spiro atoms. The Morgan fingerprint density at radius 3 is 2.33 bits per heavy atom.